The van der Waals surface area contributed by atoms with E-state index in [0.717, 1.165) is 23.4 Å². The third kappa shape index (κ3) is 3.07. The average Bonchev–Trinajstić information content (AvgIpc) is 2.88. The van der Waals surface area contributed by atoms with Gasteiger partial charge in [0, 0.05) is 17.3 Å². The number of aryl methyl sites for hydroxylation is 1. The molecule has 1 N–H and O–H groups in total. The zero-order valence-corrected chi connectivity index (χ0v) is 12.3. The monoisotopic (exact) mass is 285 g/mol. The molecule has 0 bridgehead atoms. The van der Waals surface area contributed by atoms with Gasteiger partial charge in [0.1, 0.15) is 12.4 Å². The molecule has 21 heavy (non-hydrogen) atoms. The molecule has 3 rings (SSSR count). The molecule has 1 unspecified atom stereocenters. The molecule has 0 fully saturated rings. The first-order valence-electron chi connectivity index (χ1n) is 7.23. The zero-order chi connectivity index (χ0) is 14.7. The first-order valence-corrected chi connectivity index (χ1v) is 7.23. The van der Waals surface area contributed by atoms with Gasteiger partial charge < -0.3 is 14.8 Å². The van der Waals surface area contributed by atoms with Crippen LogP contribution < -0.4 is 14.8 Å². The highest BCUT2D eigenvalue weighted by molar-refractivity contribution is 5.44. The minimum Gasteiger partial charge on any atom is -0.491 e. The van der Waals surface area contributed by atoms with Crippen LogP contribution in [-0.2, 0) is 0 Å². The number of nitrogens with one attached hydrogen (secondary N) is 1. The van der Waals surface area contributed by atoms with Crippen molar-refractivity contribution in [3.05, 3.63) is 41.6 Å². The summed E-state index contributed by atoms with van der Waals surface area (Å²) < 4.78 is 11.2. The fourth-order valence-corrected chi connectivity index (χ4v) is 2.32. The maximum Gasteiger partial charge on any atom is 0.226 e. The summed E-state index contributed by atoms with van der Waals surface area (Å²) in [4.78, 5) is 8.83. The van der Waals surface area contributed by atoms with Crippen molar-refractivity contribution in [2.45, 2.75) is 26.3 Å². The normalized spacial score (nSPS) is 16.2. The van der Waals surface area contributed by atoms with Crippen LogP contribution in [0, 0.1) is 6.92 Å². The van der Waals surface area contributed by atoms with Crippen molar-refractivity contribution in [3.8, 4) is 11.6 Å². The van der Waals surface area contributed by atoms with E-state index in [4.69, 9.17) is 9.47 Å². The molecule has 0 amide bonds. The van der Waals surface area contributed by atoms with E-state index in [2.05, 4.69) is 28.3 Å². The fraction of sp³-hybridized carbons (Fsp3) is 0.375. The van der Waals surface area contributed by atoms with Crippen molar-refractivity contribution >= 4 is 5.95 Å². The number of para-hydroxylation sites is 1. The van der Waals surface area contributed by atoms with Gasteiger partial charge in [0.2, 0.25) is 11.8 Å². The van der Waals surface area contributed by atoms with E-state index < -0.39 is 0 Å². The van der Waals surface area contributed by atoms with Crippen LogP contribution in [0.2, 0.25) is 0 Å². The standard InChI is InChI=1S/C16H19N3O2/c1-3-8-20-15-9-11(2)17-16(19-15)18-13-10-21-14-7-5-4-6-12(13)14/h4-7,9,13H,3,8,10H2,1-2H3,(H,17,18,19). The second-order valence-electron chi connectivity index (χ2n) is 5.07. The number of benzene rings is 1. The molecule has 2 heterocycles. The Hall–Kier alpha value is -2.30. The third-order valence-electron chi connectivity index (χ3n) is 3.29. The Labute approximate surface area is 124 Å². The highest BCUT2D eigenvalue weighted by Gasteiger charge is 2.24. The summed E-state index contributed by atoms with van der Waals surface area (Å²) in [6.07, 6.45) is 0.954. The van der Waals surface area contributed by atoms with Gasteiger partial charge in [0.25, 0.3) is 0 Å². The highest BCUT2D eigenvalue weighted by atomic mass is 16.5. The van der Waals surface area contributed by atoms with Gasteiger partial charge in [-0.05, 0) is 19.4 Å². The minimum absolute atomic E-state index is 0.0713. The molecule has 0 saturated heterocycles. The Morgan fingerprint density at radius 2 is 2.19 bits per heavy atom. The zero-order valence-electron chi connectivity index (χ0n) is 12.3. The molecule has 110 valence electrons. The minimum atomic E-state index is 0.0713. The lowest BCUT2D eigenvalue weighted by Gasteiger charge is -2.13. The summed E-state index contributed by atoms with van der Waals surface area (Å²) in [5.41, 5.74) is 2.02. The van der Waals surface area contributed by atoms with Gasteiger partial charge in [-0.3, -0.25) is 0 Å². The van der Waals surface area contributed by atoms with Gasteiger partial charge in [-0.2, -0.15) is 4.98 Å². The maximum atomic E-state index is 5.66. The van der Waals surface area contributed by atoms with Crippen molar-refractivity contribution in [2.75, 3.05) is 18.5 Å². The van der Waals surface area contributed by atoms with E-state index in [-0.39, 0.29) is 6.04 Å². The molecule has 5 heteroatoms. The molecule has 0 spiro atoms. The van der Waals surface area contributed by atoms with Crippen LogP contribution in [0.25, 0.3) is 0 Å². The quantitative estimate of drug-likeness (QED) is 0.914. The van der Waals surface area contributed by atoms with Gasteiger partial charge in [-0.1, -0.05) is 25.1 Å². The van der Waals surface area contributed by atoms with E-state index in [1.54, 1.807) is 0 Å². The van der Waals surface area contributed by atoms with Gasteiger partial charge >= 0.3 is 0 Å². The fourth-order valence-electron chi connectivity index (χ4n) is 2.32. The van der Waals surface area contributed by atoms with Gasteiger partial charge in [0.15, 0.2) is 0 Å². The average molecular weight is 285 g/mol. The predicted octanol–water partition coefficient (Wildman–Crippen LogP) is 3.12. The number of rotatable bonds is 5. The smallest absolute Gasteiger partial charge is 0.226 e. The largest absolute Gasteiger partial charge is 0.491 e. The number of aromatic nitrogens is 2. The number of anilines is 1. The molecule has 1 aromatic heterocycles. The second kappa shape index (κ2) is 5.99. The lowest BCUT2D eigenvalue weighted by atomic mass is 10.1. The lowest BCUT2D eigenvalue weighted by molar-refractivity contribution is 0.304. The highest BCUT2D eigenvalue weighted by Crippen LogP contribution is 2.33. The summed E-state index contributed by atoms with van der Waals surface area (Å²) in [6, 6.07) is 9.94. The molecule has 1 aliphatic rings. The van der Waals surface area contributed by atoms with Crippen LogP contribution >= 0.6 is 0 Å². The molecule has 0 aliphatic carbocycles. The summed E-state index contributed by atoms with van der Waals surface area (Å²) in [5.74, 6) is 2.11. The topological polar surface area (TPSA) is 56.3 Å². The van der Waals surface area contributed by atoms with E-state index >= 15 is 0 Å². The Kier molecular flexibility index (Phi) is 3.90. The maximum absolute atomic E-state index is 5.66. The van der Waals surface area contributed by atoms with Gasteiger partial charge in [0.05, 0.1) is 12.6 Å². The number of hydrogen-bond acceptors (Lipinski definition) is 5. The molecule has 0 saturated carbocycles. The van der Waals surface area contributed by atoms with Crippen molar-refractivity contribution in [2.24, 2.45) is 0 Å². The Balaban J connectivity index is 1.78. The van der Waals surface area contributed by atoms with E-state index in [9.17, 15) is 0 Å². The predicted molar refractivity (Wildman–Crippen MR) is 80.9 cm³/mol. The number of nitrogens with zero attached hydrogens (tertiary/aromatic N) is 2. The van der Waals surface area contributed by atoms with Crippen LogP contribution in [-0.4, -0.2) is 23.2 Å². The molecule has 1 atom stereocenters. The van der Waals surface area contributed by atoms with E-state index in [1.807, 2.05) is 31.2 Å². The number of fused-ring (bicyclic) bond motifs is 1. The molecule has 0 radical (unpaired) electrons. The summed E-state index contributed by atoms with van der Waals surface area (Å²) in [7, 11) is 0. The summed E-state index contributed by atoms with van der Waals surface area (Å²) >= 11 is 0. The second-order valence-corrected chi connectivity index (χ2v) is 5.07. The first-order chi connectivity index (χ1) is 10.3. The molecule has 1 aromatic carbocycles. The molecular formula is C16H19N3O2. The Morgan fingerprint density at radius 1 is 1.33 bits per heavy atom. The van der Waals surface area contributed by atoms with Crippen LogP contribution in [0.5, 0.6) is 11.6 Å². The molecule has 1 aliphatic heterocycles. The molecule has 5 nitrogen and oxygen atoms in total. The molecular weight excluding hydrogens is 266 g/mol. The van der Waals surface area contributed by atoms with Gasteiger partial charge in [-0.15, -0.1) is 0 Å². The van der Waals surface area contributed by atoms with Crippen molar-refractivity contribution in [3.63, 3.8) is 0 Å². The molecule has 2 aromatic rings. The van der Waals surface area contributed by atoms with Crippen LogP contribution in [0.3, 0.4) is 0 Å². The van der Waals surface area contributed by atoms with Crippen molar-refractivity contribution in [1.29, 1.82) is 0 Å². The Morgan fingerprint density at radius 3 is 3.05 bits per heavy atom. The van der Waals surface area contributed by atoms with Crippen molar-refractivity contribution < 1.29 is 9.47 Å². The lowest BCUT2D eigenvalue weighted by Crippen LogP contribution is -2.15. The van der Waals surface area contributed by atoms with Crippen LogP contribution in [0.15, 0.2) is 30.3 Å². The number of ether oxygens (including phenoxy) is 2. The summed E-state index contributed by atoms with van der Waals surface area (Å²) in [6.45, 7) is 5.25. The summed E-state index contributed by atoms with van der Waals surface area (Å²) in [5, 5.41) is 3.33. The van der Waals surface area contributed by atoms with Crippen molar-refractivity contribution in [1.82, 2.24) is 9.97 Å². The number of hydrogen-bond donors (Lipinski definition) is 1. The van der Waals surface area contributed by atoms with Crippen LogP contribution in [0.4, 0.5) is 5.95 Å². The third-order valence-corrected chi connectivity index (χ3v) is 3.29. The van der Waals surface area contributed by atoms with E-state index in [0.29, 0.717) is 25.0 Å². The van der Waals surface area contributed by atoms with E-state index in [1.165, 1.54) is 0 Å². The van der Waals surface area contributed by atoms with Crippen LogP contribution in [0.1, 0.15) is 30.6 Å². The van der Waals surface area contributed by atoms with Gasteiger partial charge in [-0.25, -0.2) is 4.98 Å². The SMILES string of the molecule is CCCOc1cc(C)nc(NC2COc3ccccc32)n1. The first kappa shape index (κ1) is 13.7. The Bertz CT molecular complexity index is 631.